The molecule has 1 saturated heterocycles. The molecule has 0 bridgehead atoms. The van der Waals surface area contributed by atoms with E-state index in [-0.39, 0.29) is 5.91 Å². The van der Waals surface area contributed by atoms with Crippen LogP contribution < -0.4 is 5.32 Å². The zero-order valence-electron chi connectivity index (χ0n) is 16.6. The number of hydrogen-bond acceptors (Lipinski definition) is 2. The van der Waals surface area contributed by atoms with E-state index in [2.05, 4.69) is 74.7 Å². The SMILES string of the molecule is O=C(c1ccc2c(c1)[C@@H]1C=CC[C@H]1[C@H](c1ccc(Br)cc1)N2)N1CCCCCC1. The maximum absolute atomic E-state index is 13.1. The van der Waals surface area contributed by atoms with Gasteiger partial charge in [-0.05, 0) is 66.6 Å². The number of carbonyl (C=O) groups is 1. The third kappa shape index (κ3) is 3.63. The Labute approximate surface area is 181 Å². The monoisotopic (exact) mass is 450 g/mol. The van der Waals surface area contributed by atoms with Gasteiger partial charge in [0.15, 0.2) is 0 Å². The van der Waals surface area contributed by atoms with Gasteiger partial charge in [-0.15, -0.1) is 0 Å². The molecule has 1 N–H and O–H groups in total. The second-order valence-electron chi connectivity index (χ2n) is 8.54. The topological polar surface area (TPSA) is 32.3 Å². The highest BCUT2D eigenvalue weighted by molar-refractivity contribution is 9.10. The predicted octanol–water partition coefficient (Wildman–Crippen LogP) is 6.29. The van der Waals surface area contributed by atoms with Gasteiger partial charge < -0.3 is 10.2 Å². The molecular formula is C25H27BrN2O. The number of nitrogens with zero attached hydrogens (tertiary/aromatic N) is 1. The number of benzene rings is 2. The number of hydrogen-bond donors (Lipinski definition) is 1. The van der Waals surface area contributed by atoms with E-state index >= 15 is 0 Å². The minimum absolute atomic E-state index is 0.197. The van der Waals surface area contributed by atoms with Crippen LogP contribution in [0.25, 0.3) is 0 Å². The lowest BCUT2D eigenvalue weighted by Crippen LogP contribution is -2.33. The molecule has 2 aromatic carbocycles. The zero-order chi connectivity index (χ0) is 19.8. The van der Waals surface area contributed by atoms with Crippen LogP contribution in [-0.2, 0) is 0 Å². The summed E-state index contributed by atoms with van der Waals surface area (Å²) in [5.74, 6) is 1.06. The van der Waals surface area contributed by atoms with Gasteiger partial charge in [0.2, 0.25) is 0 Å². The molecule has 2 aliphatic heterocycles. The molecule has 4 heteroatoms. The summed E-state index contributed by atoms with van der Waals surface area (Å²) in [6.07, 6.45) is 10.5. The first-order chi connectivity index (χ1) is 14.2. The van der Waals surface area contributed by atoms with Crippen molar-refractivity contribution in [1.29, 1.82) is 0 Å². The van der Waals surface area contributed by atoms with Crippen molar-refractivity contribution in [2.24, 2.45) is 5.92 Å². The van der Waals surface area contributed by atoms with E-state index in [4.69, 9.17) is 0 Å². The number of likely N-dealkylation sites (tertiary alicyclic amines) is 1. The number of halogens is 1. The molecule has 3 atom stereocenters. The lowest BCUT2D eigenvalue weighted by Gasteiger charge is -2.38. The van der Waals surface area contributed by atoms with Crippen molar-refractivity contribution >= 4 is 27.5 Å². The Bertz CT molecular complexity index is 928. The highest BCUT2D eigenvalue weighted by Gasteiger charge is 2.38. The van der Waals surface area contributed by atoms with Gasteiger partial charge in [0, 0.05) is 34.7 Å². The van der Waals surface area contributed by atoms with E-state index < -0.39 is 0 Å². The summed E-state index contributed by atoms with van der Waals surface area (Å²) >= 11 is 3.54. The van der Waals surface area contributed by atoms with Crippen LogP contribution >= 0.6 is 15.9 Å². The van der Waals surface area contributed by atoms with Crippen molar-refractivity contribution < 1.29 is 4.79 Å². The fraction of sp³-hybridized carbons (Fsp3) is 0.400. The first-order valence-corrected chi connectivity index (χ1v) is 11.6. The van der Waals surface area contributed by atoms with Crippen LogP contribution in [0, 0.1) is 5.92 Å². The van der Waals surface area contributed by atoms with Crippen LogP contribution in [0.1, 0.15) is 65.5 Å². The lowest BCUT2D eigenvalue weighted by molar-refractivity contribution is 0.0761. The Balaban J connectivity index is 1.45. The number of allylic oxidation sites excluding steroid dienone is 2. The van der Waals surface area contributed by atoms with E-state index in [0.29, 0.717) is 17.9 Å². The van der Waals surface area contributed by atoms with Gasteiger partial charge in [-0.2, -0.15) is 0 Å². The number of fused-ring (bicyclic) bond motifs is 3. The van der Waals surface area contributed by atoms with Crippen molar-refractivity contribution in [3.8, 4) is 0 Å². The van der Waals surface area contributed by atoms with Crippen molar-refractivity contribution in [3.63, 3.8) is 0 Å². The summed E-state index contributed by atoms with van der Waals surface area (Å²) in [5.41, 5.74) is 4.60. The standard InChI is InChI=1S/C25H27BrN2O/c26-19-11-8-17(9-12-19)24-21-7-5-6-20(21)22-16-18(10-13-23(22)27-24)25(29)28-14-3-1-2-4-15-28/h5-6,8-13,16,20-21,24,27H,1-4,7,14-15H2/t20-,21-,24+/m1/s1. The molecule has 29 heavy (non-hydrogen) atoms. The second kappa shape index (κ2) is 7.98. The minimum atomic E-state index is 0.197. The summed E-state index contributed by atoms with van der Waals surface area (Å²) < 4.78 is 1.11. The first kappa shape index (κ1) is 18.9. The third-order valence-electron chi connectivity index (χ3n) is 6.73. The average molecular weight is 451 g/mol. The fourth-order valence-electron chi connectivity index (χ4n) is 5.18. The molecule has 0 radical (unpaired) electrons. The average Bonchev–Trinajstić information content (AvgIpc) is 3.09. The normalized spacial score (nSPS) is 25.7. The zero-order valence-corrected chi connectivity index (χ0v) is 18.2. The Morgan fingerprint density at radius 3 is 2.52 bits per heavy atom. The van der Waals surface area contributed by atoms with E-state index in [0.717, 1.165) is 48.1 Å². The number of nitrogens with one attached hydrogen (secondary N) is 1. The van der Waals surface area contributed by atoms with Crippen LogP contribution in [0.3, 0.4) is 0 Å². The predicted molar refractivity (Wildman–Crippen MR) is 121 cm³/mol. The third-order valence-corrected chi connectivity index (χ3v) is 7.26. The van der Waals surface area contributed by atoms with Crippen molar-refractivity contribution in [3.05, 3.63) is 75.8 Å². The fourth-order valence-corrected chi connectivity index (χ4v) is 5.45. The van der Waals surface area contributed by atoms with Crippen LogP contribution in [0.5, 0.6) is 0 Å². The Kier molecular flexibility index (Phi) is 5.21. The Hall–Kier alpha value is -2.07. The molecule has 0 aromatic heterocycles. The van der Waals surface area contributed by atoms with Gasteiger partial charge in [0.05, 0.1) is 6.04 Å². The molecule has 1 amide bonds. The number of carbonyl (C=O) groups excluding carboxylic acids is 1. The molecule has 2 aromatic rings. The smallest absolute Gasteiger partial charge is 0.253 e. The van der Waals surface area contributed by atoms with Gasteiger partial charge in [0.25, 0.3) is 5.91 Å². The molecule has 0 unspecified atom stereocenters. The summed E-state index contributed by atoms with van der Waals surface area (Å²) in [6, 6.07) is 15.2. The second-order valence-corrected chi connectivity index (χ2v) is 9.45. The van der Waals surface area contributed by atoms with Gasteiger partial charge in [-0.1, -0.05) is 53.1 Å². The molecular weight excluding hydrogens is 424 g/mol. The summed E-state index contributed by atoms with van der Waals surface area (Å²) in [4.78, 5) is 15.2. The van der Waals surface area contributed by atoms with Gasteiger partial charge in [-0.3, -0.25) is 4.79 Å². The Morgan fingerprint density at radius 1 is 1.00 bits per heavy atom. The summed E-state index contributed by atoms with van der Waals surface area (Å²) in [7, 11) is 0. The van der Waals surface area contributed by atoms with E-state index in [9.17, 15) is 4.79 Å². The molecule has 0 saturated carbocycles. The molecule has 150 valence electrons. The largest absolute Gasteiger partial charge is 0.378 e. The van der Waals surface area contributed by atoms with Gasteiger partial charge >= 0.3 is 0 Å². The van der Waals surface area contributed by atoms with Crippen molar-refractivity contribution in [1.82, 2.24) is 4.90 Å². The van der Waals surface area contributed by atoms with Crippen LogP contribution in [0.15, 0.2) is 59.1 Å². The van der Waals surface area contributed by atoms with Crippen molar-refractivity contribution in [2.75, 3.05) is 18.4 Å². The maximum atomic E-state index is 13.1. The number of anilines is 1. The Morgan fingerprint density at radius 2 is 1.76 bits per heavy atom. The van der Waals surface area contributed by atoms with Crippen LogP contribution in [-0.4, -0.2) is 23.9 Å². The number of rotatable bonds is 2. The molecule has 5 rings (SSSR count). The van der Waals surface area contributed by atoms with E-state index in [1.165, 1.54) is 24.0 Å². The molecule has 1 fully saturated rings. The van der Waals surface area contributed by atoms with Crippen LogP contribution in [0.4, 0.5) is 5.69 Å². The highest BCUT2D eigenvalue weighted by atomic mass is 79.9. The van der Waals surface area contributed by atoms with Gasteiger partial charge in [0.1, 0.15) is 0 Å². The highest BCUT2D eigenvalue weighted by Crippen LogP contribution is 2.50. The summed E-state index contributed by atoms with van der Waals surface area (Å²) in [5, 5.41) is 3.78. The van der Waals surface area contributed by atoms with E-state index in [1.807, 2.05) is 6.07 Å². The molecule has 2 heterocycles. The first-order valence-electron chi connectivity index (χ1n) is 10.8. The minimum Gasteiger partial charge on any atom is -0.378 e. The molecule has 3 aliphatic rings. The van der Waals surface area contributed by atoms with E-state index in [1.54, 1.807) is 0 Å². The maximum Gasteiger partial charge on any atom is 0.253 e. The quantitative estimate of drug-likeness (QED) is 0.544. The number of amides is 1. The van der Waals surface area contributed by atoms with Crippen LogP contribution in [0.2, 0.25) is 0 Å². The lowest BCUT2D eigenvalue weighted by atomic mass is 9.76. The summed E-state index contributed by atoms with van der Waals surface area (Å²) in [6.45, 7) is 1.79. The van der Waals surface area contributed by atoms with Gasteiger partial charge in [-0.25, -0.2) is 0 Å². The van der Waals surface area contributed by atoms with Crippen molar-refractivity contribution in [2.45, 2.75) is 44.1 Å². The molecule has 3 nitrogen and oxygen atoms in total. The molecule has 0 spiro atoms. The molecule has 1 aliphatic carbocycles.